The highest BCUT2D eigenvalue weighted by atomic mass is 32.2. The summed E-state index contributed by atoms with van der Waals surface area (Å²) in [6, 6.07) is 9.96. The van der Waals surface area contributed by atoms with E-state index in [9.17, 15) is 4.79 Å². The zero-order valence-electron chi connectivity index (χ0n) is 12.5. The predicted molar refractivity (Wildman–Crippen MR) is 86.5 cm³/mol. The van der Waals surface area contributed by atoms with Gasteiger partial charge in [0, 0.05) is 13.1 Å². The smallest absolute Gasteiger partial charge is 0.234 e. The van der Waals surface area contributed by atoms with E-state index in [0.29, 0.717) is 12.3 Å². The first-order valence-electron chi connectivity index (χ1n) is 7.51. The molecule has 1 unspecified atom stereocenters. The molecule has 0 bridgehead atoms. The van der Waals surface area contributed by atoms with Gasteiger partial charge in [0.1, 0.15) is 6.04 Å². The van der Waals surface area contributed by atoms with Crippen LogP contribution in [-0.4, -0.2) is 38.7 Å². The van der Waals surface area contributed by atoms with Crippen LogP contribution >= 0.6 is 11.8 Å². The molecule has 114 valence electrons. The molecule has 0 N–H and O–H groups in total. The van der Waals surface area contributed by atoms with Crippen LogP contribution in [0.2, 0.25) is 0 Å². The molecule has 0 aliphatic carbocycles. The first-order valence-corrected chi connectivity index (χ1v) is 8.50. The topological polar surface area (TPSA) is 61.9 Å². The number of amides is 1. The van der Waals surface area contributed by atoms with Crippen molar-refractivity contribution in [3.05, 3.63) is 24.3 Å². The van der Waals surface area contributed by atoms with Crippen molar-refractivity contribution in [2.75, 3.05) is 12.3 Å². The standard InChI is InChI=1S/C16H18N4OS/c1-2-19-14-8-4-3-7-13(14)18-16(19)22-11-15(21)20-9-5-6-12(20)10-17/h3-4,7-8,12H,2,5-6,9,11H2,1H3. The lowest BCUT2D eigenvalue weighted by molar-refractivity contribution is -0.128. The zero-order chi connectivity index (χ0) is 15.5. The molecular formula is C16H18N4OS. The van der Waals surface area contributed by atoms with Crippen LogP contribution in [0.15, 0.2) is 29.4 Å². The Morgan fingerprint density at radius 2 is 2.32 bits per heavy atom. The molecule has 1 atom stereocenters. The predicted octanol–water partition coefficient (Wildman–Crippen LogP) is 2.66. The minimum absolute atomic E-state index is 0.0313. The minimum atomic E-state index is -0.252. The number of benzene rings is 1. The lowest BCUT2D eigenvalue weighted by Crippen LogP contribution is -2.35. The van der Waals surface area contributed by atoms with E-state index in [4.69, 9.17) is 5.26 Å². The van der Waals surface area contributed by atoms with Crippen molar-refractivity contribution in [1.82, 2.24) is 14.5 Å². The maximum absolute atomic E-state index is 12.3. The first-order chi connectivity index (χ1) is 10.7. The van der Waals surface area contributed by atoms with Crippen LogP contribution in [0.3, 0.4) is 0 Å². The summed E-state index contributed by atoms with van der Waals surface area (Å²) in [4.78, 5) is 18.6. The Morgan fingerprint density at radius 1 is 1.50 bits per heavy atom. The number of likely N-dealkylation sites (tertiary alicyclic amines) is 1. The summed E-state index contributed by atoms with van der Waals surface area (Å²) < 4.78 is 2.12. The van der Waals surface area contributed by atoms with Gasteiger partial charge in [-0.25, -0.2) is 4.98 Å². The van der Waals surface area contributed by atoms with Crippen LogP contribution in [0.25, 0.3) is 11.0 Å². The molecule has 2 aromatic rings. The van der Waals surface area contributed by atoms with Crippen molar-refractivity contribution in [1.29, 1.82) is 5.26 Å². The van der Waals surface area contributed by atoms with Crippen molar-refractivity contribution >= 4 is 28.7 Å². The van der Waals surface area contributed by atoms with Crippen LogP contribution in [-0.2, 0) is 11.3 Å². The third-order valence-corrected chi connectivity index (χ3v) is 4.94. The van der Waals surface area contributed by atoms with Crippen LogP contribution in [0.4, 0.5) is 0 Å². The van der Waals surface area contributed by atoms with Gasteiger partial charge in [-0.1, -0.05) is 23.9 Å². The third-order valence-electron chi connectivity index (χ3n) is 3.98. The summed E-state index contributed by atoms with van der Waals surface area (Å²) in [7, 11) is 0. The second kappa shape index (κ2) is 6.41. The monoisotopic (exact) mass is 314 g/mol. The number of thioether (sulfide) groups is 1. The second-order valence-corrected chi connectivity index (χ2v) is 6.23. The molecule has 1 aromatic carbocycles. The Balaban J connectivity index is 1.74. The number of nitriles is 1. The molecule has 1 amide bonds. The SMILES string of the molecule is CCn1c(SCC(=O)N2CCCC2C#N)nc2ccccc21. The number of fused-ring (bicyclic) bond motifs is 1. The van der Waals surface area contributed by atoms with E-state index in [0.717, 1.165) is 35.6 Å². The number of nitrogens with zero attached hydrogens (tertiary/aromatic N) is 4. The molecule has 3 rings (SSSR count). The van der Waals surface area contributed by atoms with Crippen molar-refractivity contribution in [3.63, 3.8) is 0 Å². The van der Waals surface area contributed by atoms with Gasteiger partial charge in [0.15, 0.2) is 5.16 Å². The molecular weight excluding hydrogens is 296 g/mol. The van der Waals surface area contributed by atoms with Crippen molar-refractivity contribution < 1.29 is 4.79 Å². The zero-order valence-corrected chi connectivity index (χ0v) is 13.3. The summed E-state index contributed by atoms with van der Waals surface area (Å²) in [6.45, 7) is 3.59. The van der Waals surface area contributed by atoms with Crippen LogP contribution in [0, 0.1) is 11.3 Å². The molecule has 5 nitrogen and oxygen atoms in total. The number of carbonyl (C=O) groups excluding carboxylic acids is 1. The minimum Gasteiger partial charge on any atom is -0.326 e. The van der Waals surface area contributed by atoms with Crippen LogP contribution in [0.1, 0.15) is 19.8 Å². The maximum atomic E-state index is 12.3. The quantitative estimate of drug-likeness (QED) is 0.814. The van der Waals surface area contributed by atoms with Crippen molar-refractivity contribution in [2.24, 2.45) is 0 Å². The maximum Gasteiger partial charge on any atom is 0.234 e. The van der Waals surface area contributed by atoms with E-state index in [1.54, 1.807) is 4.90 Å². The fourth-order valence-corrected chi connectivity index (χ4v) is 3.84. The fourth-order valence-electron chi connectivity index (χ4n) is 2.88. The first kappa shape index (κ1) is 14.9. The largest absolute Gasteiger partial charge is 0.326 e. The lowest BCUT2D eigenvalue weighted by Gasteiger charge is -2.19. The van der Waals surface area contributed by atoms with Gasteiger partial charge >= 0.3 is 0 Å². The van der Waals surface area contributed by atoms with Gasteiger partial charge in [-0.2, -0.15) is 5.26 Å². The highest BCUT2D eigenvalue weighted by Crippen LogP contribution is 2.25. The van der Waals surface area contributed by atoms with Crippen molar-refractivity contribution in [3.8, 4) is 6.07 Å². The number of imidazole rings is 1. The Hall–Kier alpha value is -2.00. The molecule has 1 fully saturated rings. The summed E-state index contributed by atoms with van der Waals surface area (Å²) in [5.41, 5.74) is 2.05. The van der Waals surface area contributed by atoms with Crippen molar-refractivity contribution in [2.45, 2.75) is 37.5 Å². The van der Waals surface area contributed by atoms with Gasteiger partial charge in [0.05, 0.1) is 22.9 Å². The highest BCUT2D eigenvalue weighted by molar-refractivity contribution is 7.99. The average molecular weight is 314 g/mol. The summed E-state index contributed by atoms with van der Waals surface area (Å²) in [5.74, 6) is 0.366. The number of hydrogen-bond acceptors (Lipinski definition) is 4. The molecule has 22 heavy (non-hydrogen) atoms. The van der Waals surface area contributed by atoms with Gasteiger partial charge in [0.2, 0.25) is 5.91 Å². The Bertz CT molecular complexity index is 733. The molecule has 1 aromatic heterocycles. The molecule has 1 aliphatic rings. The van der Waals surface area contributed by atoms with E-state index >= 15 is 0 Å². The molecule has 0 saturated carbocycles. The number of rotatable bonds is 4. The van der Waals surface area contributed by atoms with E-state index in [-0.39, 0.29) is 11.9 Å². The summed E-state index contributed by atoms with van der Waals surface area (Å²) in [5, 5.41) is 9.95. The lowest BCUT2D eigenvalue weighted by atomic mass is 10.2. The number of hydrogen-bond donors (Lipinski definition) is 0. The normalized spacial score (nSPS) is 17.8. The molecule has 2 heterocycles. The number of carbonyl (C=O) groups is 1. The molecule has 6 heteroatoms. The van der Waals surface area contributed by atoms with E-state index in [2.05, 4.69) is 22.5 Å². The number of aromatic nitrogens is 2. The van der Waals surface area contributed by atoms with Gasteiger partial charge in [0.25, 0.3) is 0 Å². The number of para-hydroxylation sites is 2. The van der Waals surface area contributed by atoms with Crippen LogP contribution in [0.5, 0.6) is 0 Å². The van der Waals surface area contributed by atoms with Gasteiger partial charge in [-0.15, -0.1) is 0 Å². The highest BCUT2D eigenvalue weighted by Gasteiger charge is 2.28. The Kier molecular flexibility index (Phi) is 4.34. The van der Waals surface area contributed by atoms with Gasteiger partial charge < -0.3 is 9.47 Å². The van der Waals surface area contributed by atoms with E-state index in [1.165, 1.54) is 11.8 Å². The third kappa shape index (κ3) is 2.69. The molecule has 1 aliphatic heterocycles. The number of aryl methyl sites for hydroxylation is 1. The van der Waals surface area contributed by atoms with Gasteiger partial charge in [-0.3, -0.25) is 4.79 Å². The average Bonchev–Trinajstić information content (AvgIpc) is 3.15. The van der Waals surface area contributed by atoms with Crippen LogP contribution < -0.4 is 0 Å². The summed E-state index contributed by atoms with van der Waals surface area (Å²) in [6.07, 6.45) is 1.71. The molecule has 0 spiro atoms. The summed E-state index contributed by atoms with van der Waals surface area (Å²) >= 11 is 1.46. The fraction of sp³-hybridized carbons (Fsp3) is 0.438. The second-order valence-electron chi connectivity index (χ2n) is 5.29. The van der Waals surface area contributed by atoms with E-state index in [1.807, 2.05) is 24.3 Å². The van der Waals surface area contributed by atoms with E-state index < -0.39 is 0 Å². The Morgan fingerprint density at radius 3 is 3.09 bits per heavy atom. The Labute approximate surface area is 133 Å². The molecule has 0 radical (unpaired) electrons. The molecule has 1 saturated heterocycles. The van der Waals surface area contributed by atoms with Gasteiger partial charge in [-0.05, 0) is 31.9 Å².